The van der Waals surface area contributed by atoms with Crippen LogP contribution in [0.1, 0.15) is 27.7 Å². The van der Waals surface area contributed by atoms with Crippen LogP contribution in [0.2, 0.25) is 0 Å². The summed E-state index contributed by atoms with van der Waals surface area (Å²) in [6, 6.07) is 6.03. The third kappa shape index (κ3) is 3.21. The van der Waals surface area contributed by atoms with E-state index < -0.39 is 0 Å². The summed E-state index contributed by atoms with van der Waals surface area (Å²) in [5.74, 6) is 0.00330. The van der Waals surface area contributed by atoms with E-state index in [-0.39, 0.29) is 11.7 Å². The van der Waals surface area contributed by atoms with Gasteiger partial charge in [0.15, 0.2) is 0 Å². The molecular weight excluding hydrogens is 329 g/mol. The number of ether oxygens (including phenoxy) is 1. The molecule has 1 amide bonds. The van der Waals surface area contributed by atoms with E-state index in [4.69, 9.17) is 4.74 Å². The molecular formula is C17H16FN3O2S. The molecule has 124 valence electrons. The van der Waals surface area contributed by atoms with Gasteiger partial charge >= 0.3 is 0 Å². The molecule has 0 spiro atoms. The lowest BCUT2D eigenvalue weighted by molar-refractivity contribution is 0.0954. The molecule has 0 saturated heterocycles. The molecule has 0 fully saturated rings. The molecule has 24 heavy (non-hydrogen) atoms. The van der Waals surface area contributed by atoms with Crippen LogP contribution in [0.3, 0.4) is 0 Å². The first kappa shape index (κ1) is 16.3. The van der Waals surface area contributed by atoms with Gasteiger partial charge in [0, 0.05) is 6.54 Å². The number of nitrogens with zero attached hydrogens (tertiary/aromatic N) is 2. The number of carbonyl (C=O) groups excluding carboxylic acids is 1. The first-order chi connectivity index (χ1) is 11.6. The van der Waals surface area contributed by atoms with Crippen molar-refractivity contribution in [3.05, 3.63) is 52.4 Å². The molecule has 0 aliphatic carbocycles. The van der Waals surface area contributed by atoms with Gasteiger partial charge in [0.05, 0.1) is 16.9 Å². The molecule has 7 heteroatoms. The first-order valence-corrected chi connectivity index (χ1v) is 8.31. The maximum atomic E-state index is 12.9. The fourth-order valence-corrected chi connectivity index (χ4v) is 3.42. The Morgan fingerprint density at radius 1 is 1.29 bits per heavy atom. The monoisotopic (exact) mass is 345 g/mol. The number of carbonyl (C=O) groups is 1. The van der Waals surface area contributed by atoms with E-state index in [1.165, 1.54) is 29.8 Å². The zero-order valence-corrected chi connectivity index (χ0v) is 14.1. The normalized spacial score (nSPS) is 10.8. The highest BCUT2D eigenvalue weighted by molar-refractivity contribution is 7.20. The van der Waals surface area contributed by atoms with Gasteiger partial charge in [0.2, 0.25) is 5.88 Å². The Labute approximate surface area is 142 Å². The number of hydrogen-bond donors (Lipinski definition) is 1. The lowest BCUT2D eigenvalue weighted by atomic mass is 10.2. The summed E-state index contributed by atoms with van der Waals surface area (Å²) < 4.78 is 18.4. The second-order valence-electron chi connectivity index (χ2n) is 5.16. The quantitative estimate of drug-likeness (QED) is 0.769. The number of aromatic nitrogens is 2. The van der Waals surface area contributed by atoms with E-state index in [9.17, 15) is 9.18 Å². The van der Waals surface area contributed by atoms with E-state index in [0.717, 1.165) is 21.3 Å². The highest BCUT2D eigenvalue weighted by atomic mass is 32.1. The number of thiophene rings is 1. The third-order valence-corrected chi connectivity index (χ3v) is 4.74. The summed E-state index contributed by atoms with van der Waals surface area (Å²) in [5.41, 5.74) is 1.63. The van der Waals surface area contributed by atoms with Crippen LogP contribution in [0, 0.1) is 12.7 Å². The maximum absolute atomic E-state index is 12.9. The summed E-state index contributed by atoms with van der Waals surface area (Å²) in [5, 5.41) is 3.62. The highest BCUT2D eigenvalue weighted by Gasteiger charge is 2.19. The second-order valence-corrected chi connectivity index (χ2v) is 6.16. The number of hydrogen-bond acceptors (Lipinski definition) is 5. The van der Waals surface area contributed by atoms with Crippen LogP contribution in [0.15, 0.2) is 30.6 Å². The Hall–Kier alpha value is -2.54. The van der Waals surface area contributed by atoms with Crippen molar-refractivity contribution in [3.8, 4) is 5.88 Å². The number of nitrogens with one attached hydrogen (secondary N) is 1. The van der Waals surface area contributed by atoms with Crippen LogP contribution >= 0.6 is 11.3 Å². The zero-order valence-electron chi connectivity index (χ0n) is 13.3. The standard InChI is InChI=1S/C17H16FN3O2S/c1-3-23-16-13-10(2)14(24-17(13)21-9-20-16)15(22)19-8-11-4-6-12(18)7-5-11/h4-7,9H,3,8H2,1-2H3,(H,19,22). The molecule has 2 heterocycles. The van der Waals surface area contributed by atoms with Crippen molar-refractivity contribution in [2.75, 3.05) is 6.61 Å². The smallest absolute Gasteiger partial charge is 0.261 e. The molecule has 1 N–H and O–H groups in total. The van der Waals surface area contributed by atoms with Crippen molar-refractivity contribution in [3.63, 3.8) is 0 Å². The zero-order chi connectivity index (χ0) is 17.1. The molecule has 0 aliphatic heterocycles. The fourth-order valence-electron chi connectivity index (χ4n) is 2.37. The Kier molecular flexibility index (Phi) is 4.71. The molecule has 0 saturated carbocycles. The van der Waals surface area contributed by atoms with Crippen LogP contribution in [-0.4, -0.2) is 22.5 Å². The summed E-state index contributed by atoms with van der Waals surface area (Å²) in [4.78, 5) is 22.1. The van der Waals surface area contributed by atoms with E-state index in [2.05, 4.69) is 15.3 Å². The Bertz CT molecular complexity index is 877. The highest BCUT2D eigenvalue weighted by Crippen LogP contribution is 2.34. The van der Waals surface area contributed by atoms with Gasteiger partial charge in [-0.3, -0.25) is 4.79 Å². The number of halogens is 1. The first-order valence-electron chi connectivity index (χ1n) is 7.49. The van der Waals surface area contributed by atoms with Gasteiger partial charge in [0.1, 0.15) is 17.0 Å². The largest absolute Gasteiger partial charge is 0.477 e. The number of rotatable bonds is 5. The lowest BCUT2D eigenvalue weighted by Gasteiger charge is -2.05. The van der Waals surface area contributed by atoms with Crippen molar-refractivity contribution in [1.82, 2.24) is 15.3 Å². The predicted molar refractivity (Wildman–Crippen MR) is 90.9 cm³/mol. The van der Waals surface area contributed by atoms with E-state index in [1.54, 1.807) is 12.1 Å². The lowest BCUT2D eigenvalue weighted by Crippen LogP contribution is -2.22. The minimum Gasteiger partial charge on any atom is -0.477 e. The maximum Gasteiger partial charge on any atom is 0.261 e. The van der Waals surface area contributed by atoms with Gasteiger partial charge in [0.25, 0.3) is 5.91 Å². The molecule has 0 unspecified atom stereocenters. The van der Waals surface area contributed by atoms with Crippen LogP contribution in [0.25, 0.3) is 10.2 Å². The Morgan fingerprint density at radius 2 is 2.04 bits per heavy atom. The summed E-state index contributed by atoms with van der Waals surface area (Å²) >= 11 is 1.31. The van der Waals surface area contributed by atoms with Gasteiger partial charge < -0.3 is 10.1 Å². The average Bonchev–Trinajstić information content (AvgIpc) is 2.92. The van der Waals surface area contributed by atoms with E-state index in [0.29, 0.717) is 23.9 Å². The average molecular weight is 345 g/mol. The van der Waals surface area contributed by atoms with Crippen molar-refractivity contribution < 1.29 is 13.9 Å². The van der Waals surface area contributed by atoms with Gasteiger partial charge in [-0.2, -0.15) is 0 Å². The SMILES string of the molecule is CCOc1ncnc2sc(C(=O)NCc3ccc(F)cc3)c(C)c12. The van der Waals surface area contributed by atoms with Crippen molar-refractivity contribution >= 4 is 27.5 Å². The van der Waals surface area contributed by atoms with Gasteiger partial charge in [-0.05, 0) is 37.1 Å². The van der Waals surface area contributed by atoms with Gasteiger partial charge in [-0.25, -0.2) is 14.4 Å². The minimum atomic E-state index is -0.299. The van der Waals surface area contributed by atoms with Crippen molar-refractivity contribution in [1.29, 1.82) is 0 Å². The molecule has 3 rings (SSSR count). The predicted octanol–water partition coefficient (Wildman–Crippen LogP) is 3.47. The summed E-state index contributed by atoms with van der Waals surface area (Å²) in [6.07, 6.45) is 1.43. The van der Waals surface area contributed by atoms with Crippen molar-refractivity contribution in [2.45, 2.75) is 20.4 Å². The molecule has 2 aromatic heterocycles. The Morgan fingerprint density at radius 3 is 2.75 bits per heavy atom. The van der Waals surface area contributed by atoms with E-state index >= 15 is 0 Å². The van der Waals surface area contributed by atoms with Crippen molar-refractivity contribution in [2.24, 2.45) is 0 Å². The molecule has 1 aromatic carbocycles. The molecule has 3 aromatic rings. The minimum absolute atomic E-state index is 0.192. The molecule has 0 bridgehead atoms. The number of amides is 1. The van der Waals surface area contributed by atoms with Gasteiger partial charge in [-0.1, -0.05) is 12.1 Å². The Balaban J connectivity index is 1.83. The molecule has 5 nitrogen and oxygen atoms in total. The second kappa shape index (κ2) is 6.92. The number of benzene rings is 1. The topological polar surface area (TPSA) is 64.1 Å². The fraction of sp³-hybridized carbons (Fsp3) is 0.235. The molecule has 0 atom stereocenters. The molecule has 0 aliphatic rings. The summed E-state index contributed by atoms with van der Waals surface area (Å²) in [7, 11) is 0. The van der Waals surface area contributed by atoms with E-state index in [1.807, 2.05) is 13.8 Å². The number of fused-ring (bicyclic) bond motifs is 1. The number of aryl methyl sites for hydroxylation is 1. The van der Waals surface area contributed by atoms with Crippen LogP contribution in [0.5, 0.6) is 5.88 Å². The van der Waals surface area contributed by atoms with Crippen LogP contribution in [-0.2, 0) is 6.54 Å². The summed E-state index contributed by atoms with van der Waals surface area (Å²) in [6.45, 7) is 4.56. The van der Waals surface area contributed by atoms with Crippen LogP contribution in [0.4, 0.5) is 4.39 Å². The van der Waals surface area contributed by atoms with Crippen LogP contribution < -0.4 is 10.1 Å². The molecule has 0 radical (unpaired) electrons. The van der Waals surface area contributed by atoms with Gasteiger partial charge in [-0.15, -0.1) is 11.3 Å². The third-order valence-electron chi connectivity index (χ3n) is 3.55.